The summed E-state index contributed by atoms with van der Waals surface area (Å²) >= 11 is 0. The molecule has 0 radical (unpaired) electrons. The second-order valence-electron chi connectivity index (χ2n) is 8.79. The summed E-state index contributed by atoms with van der Waals surface area (Å²) in [7, 11) is 0. The Morgan fingerprint density at radius 2 is 0.972 bits per heavy atom. The molecule has 0 saturated heterocycles. The predicted molar refractivity (Wildman–Crippen MR) is 146 cm³/mol. The number of nitriles is 1. The molecule has 0 saturated carbocycles. The molecule has 5 aromatic carbocycles. The molecule has 7 aromatic rings. The van der Waals surface area contributed by atoms with Crippen molar-refractivity contribution in [3.05, 3.63) is 126 Å². The van der Waals surface area contributed by atoms with Gasteiger partial charge in [0.25, 0.3) is 0 Å². The molecule has 0 aliphatic heterocycles. The van der Waals surface area contributed by atoms with Crippen molar-refractivity contribution in [2.45, 2.75) is 0 Å². The monoisotopic (exact) mass is 458 g/mol. The van der Waals surface area contributed by atoms with Gasteiger partial charge in [-0.25, -0.2) is 4.85 Å². The quantitative estimate of drug-likeness (QED) is 0.240. The first-order valence-corrected chi connectivity index (χ1v) is 11.7. The number of benzene rings is 5. The smallest absolute Gasteiger partial charge is 0.206 e. The highest BCUT2D eigenvalue weighted by molar-refractivity contribution is 6.12. The lowest BCUT2D eigenvalue weighted by Gasteiger charge is -2.19. The van der Waals surface area contributed by atoms with Crippen molar-refractivity contribution in [1.29, 1.82) is 5.26 Å². The maximum absolute atomic E-state index is 10.4. The van der Waals surface area contributed by atoms with Crippen LogP contribution in [0.4, 0.5) is 5.69 Å². The van der Waals surface area contributed by atoms with Crippen LogP contribution < -0.4 is 0 Å². The molecule has 2 aromatic heterocycles. The molecule has 36 heavy (non-hydrogen) atoms. The Kier molecular flexibility index (Phi) is 4.24. The zero-order valence-electron chi connectivity index (χ0n) is 19.2. The summed E-state index contributed by atoms with van der Waals surface area (Å²) in [6.45, 7) is 7.80. The molecule has 7 rings (SSSR count). The first kappa shape index (κ1) is 20.1. The summed E-state index contributed by atoms with van der Waals surface area (Å²) in [5.74, 6) is 0. The Bertz CT molecular complexity index is 1970. The van der Waals surface area contributed by atoms with Crippen molar-refractivity contribution in [2.75, 3.05) is 0 Å². The summed E-state index contributed by atoms with van der Waals surface area (Å²) in [5.41, 5.74) is 6.41. The topological polar surface area (TPSA) is 38.0 Å². The molecule has 0 aliphatic carbocycles. The van der Waals surface area contributed by atoms with Crippen molar-refractivity contribution >= 4 is 49.3 Å². The van der Waals surface area contributed by atoms with E-state index in [2.05, 4.69) is 80.7 Å². The third kappa shape index (κ3) is 2.61. The van der Waals surface area contributed by atoms with Gasteiger partial charge < -0.3 is 9.13 Å². The molecule has 0 fully saturated rings. The summed E-state index contributed by atoms with van der Waals surface area (Å²) in [4.78, 5) is 3.72. The van der Waals surface area contributed by atoms with E-state index in [1.165, 1.54) is 0 Å². The third-order valence-corrected chi connectivity index (χ3v) is 6.99. The van der Waals surface area contributed by atoms with Crippen LogP contribution in [0.2, 0.25) is 0 Å². The number of para-hydroxylation sites is 4. The van der Waals surface area contributed by atoms with E-state index in [-0.39, 0.29) is 0 Å². The summed E-state index contributed by atoms with van der Waals surface area (Å²) in [6.07, 6.45) is 0. The molecule has 0 amide bonds. The van der Waals surface area contributed by atoms with Crippen LogP contribution in [-0.4, -0.2) is 9.13 Å². The van der Waals surface area contributed by atoms with E-state index in [1.54, 1.807) is 6.07 Å². The molecule has 0 N–H and O–H groups in total. The minimum Gasteiger partial charge on any atom is -0.307 e. The highest BCUT2D eigenvalue weighted by atomic mass is 15.1. The zero-order valence-corrected chi connectivity index (χ0v) is 19.2. The van der Waals surface area contributed by atoms with Crippen LogP contribution in [0.3, 0.4) is 0 Å². The molecular formula is C32H18N4. The maximum Gasteiger partial charge on any atom is 0.206 e. The van der Waals surface area contributed by atoms with Gasteiger partial charge in [-0.05, 0) is 30.3 Å². The average Bonchev–Trinajstić information content (AvgIpc) is 3.45. The minimum absolute atomic E-state index is 0.346. The minimum atomic E-state index is 0.346. The van der Waals surface area contributed by atoms with E-state index in [0.29, 0.717) is 11.3 Å². The largest absolute Gasteiger partial charge is 0.307 e. The van der Waals surface area contributed by atoms with Crippen LogP contribution in [0.25, 0.3) is 59.8 Å². The molecule has 0 atom stereocenters. The van der Waals surface area contributed by atoms with Gasteiger partial charge in [0.05, 0.1) is 51.6 Å². The second kappa shape index (κ2) is 7.60. The highest BCUT2D eigenvalue weighted by Gasteiger charge is 2.23. The Hall–Kier alpha value is -5.32. The Labute approximate surface area is 207 Å². The van der Waals surface area contributed by atoms with Crippen molar-refractivity contribution in [1.82, 2.24) is 9.13 Å². The Morgan fingerprint density at radius 3 is 1.39 bits per heavy atom. The van der Waals surface area contributed by atoms with Gasteiger partial charge in [-0.3, -0.25) is 0 Å². The van der Waals surface area contributed by atoms with E-state index in [9.17, 15) is 5.26 Å². The molecule has 166 valence electrons. The first-order valence-electron chi connectivity index (χ1n) is 11.7. The predicted octanol–water partition coefficient (Wildman–Crippen LogP) is 8.30. The number of aromatic nitrogens is 2. The number of hydrogen-bond acceptors (Lipinski definition) is 1. The molecule has 0 spiro atoms. The van der Waals surface area contributed by atoms with E-state index in [1.807, 2.05) is 42.5 Å². The van der Waals surface area contributed by atoms with Gasteiger partial charge in [-0.2, -0.15) is 5.26 Å². The van der Waals surface area contributed by atoms with Gasteiger partial charge in [0.15, 0.2) is 0 Å². The first-order chi connectivity index (χ1) is 17.8. The zero-order chi connectivity index (χ0) is 24.2. The maximum atomic E-state index is 10.4. The molecular weight excluding hydrogens is 440 g/mol. The summed E-state index contributed by atoms with van der Waals surface area (Å²) < 4.78 is 4.37. The van der Waals surface area contributed by atoms with E-state index in [0.717, 1.165) is 55.0 Å². The van der Waals surface area contributed by atoms with Gasteiger partial charge in [-0.1, -0.05) is 78.9 Å². The number of hydrogen-bond donors (Lipinski definition) is 0. The average molecular weight is 459 g/mol. The van der Waals surface area contributed by atoms with Crippen LogP contribution >= 0.6 is 0 Å². The van der Waals surface area contributed by atoms with Crippen LogP contribution in [0.5, 0.6) is 0 Å². The summed E-state index contributed by atoms with van der Waals surface area (Å²) in [6, 6.07) is 39.3. The van der Waals surface area contributed by atoms with Gasteiger partial charge in [-0.15, -0.1) is 0 Å². The molecule has 0 bridgehead atoms. The van der Waals surface area contributed by atoms with Crippen LogP contribution in [0, 0.1) is 17.9 Å². The molecule has 4 nitrogen and oxygen atoms in total. The second-order valence-corrected chi connectivity index (χ2v) is 8.79. The lowest BCUT2D eigenvalue weighted by atomic mass is 10.1. The molecule has 2 heterocycles. The van der Waals surface area contributed by atoms with E-state index in [4.69, 9.17) is 6.57 Å². The van der Waals surface area contributed by atoms with Gasteiger partial charge >= 0.3 is 0 Å². The number of fused-ring (bicyclic) bond motifs is 6. The fourth-order valence-corrected chi connectivity index (χ4v) is 5.53. The van der Waals surface area contributed by atoms with Crippen LogP contribution in [-0.2, 0) is 0 Å². The lowest BCUT2D eigenvalue weighted by Crippen LogP contribution is -2.06. The van der Waals surface area contributed by atoms with Gasteiger partial charge in [0, 0.05) is 21.5 Å². The fourth-order valence-electron chi connectivity index (χ4n) is 5.53. The lowest BCUT2D eigenvalue weighted by molar-refractivity contribution is 1.09. The normalized spacial score (nSPS) is 11.3. The Balaban J connectivity index is 1.74. The van der Waals surface area contributed by atoms with Crippen LogP contribution in [0.1, 0.15) is 5.56 Å². The van der Waals surface area contributed by atoms with Crippen molar-refractivity contribution in [2.24, 2.45) is 0 Å². The molecule has 0 aliphatic rings. The van der Waals surface area contributed by atoms with E-state index < -0.39 is 0 Å². The van der Waals surface area contributed by atoms with Crippen LogP contribution in [0.15, 0.2) is 109 Å². The number of rotatable bonds is 2. The third-order valence-electron chi connectivity index (χ3n) is 6.99. The molecule has 0 unspecified atom stereocenters. The molecule has 4 heteroatoms. The van der Waals surface area contributed by atoms with Gasteiger partial charge in [0.1, 0.15) is 0 Å². The van der Waals surface area contributed by atoms with Gasteiger partial charge in [0.2, 0.25) is 5.69 Å². The highest BCUT2D eigenvalue weighted by Crippen LogP contribution is 2.41. The number of nitrogens with zero attached hydrogens (tertiary/aromatic N) is 4. The standard InChI is InChI=1S/C32H18N4/c1-34-26-18-19-31(35-27-14-6-2-10-21(27)22-11-3-7-15-28(22)35)32(25(26)20-33)36-29-16-8-4-12-23(29)24-13-5-9-17-30(24)36/h2-19H. The van der Waals surface area contributed by atoms with Crippen molar-refractivity contribution < 1.29 is 0 Å². The SMILES string of the molecule is [C-]#[N+]c1ccc(-n2c3ccccc3c3ccccc32)c(-n2c3ccccc3c3ccccc32)c1C#N. The fraction of sp³-hybridized carbons (Fsp3) is 0. The van der Waals surface area contributed by atoms with E-state index >= 15 is 0 Å². The Morgan fingerprint density at radius 1 is 0.556 bits per heavy atom. The van der Waals surface area contributed by atoms with Crippen molar-refractivity contribution in [3.63, 3.8) is 0 Å². The van der Waals surface area contributed by atoms with Crippen molar-refractivity contribution in [3.8, 4) is 17.4 Å². The summed E-state index contributed by atoms with van der Waals surface area (Å²) in [5, 5.41) is 14.9.